The van der Waals surface area contributed by atoms with Crippen molar-refractivity contribution < 1.29 is 0 Å². The van der Waals surface area contributed by atoms with Crippen LogP contribution < -0.4 is 0 Å². The van der Waals surface area contributed by atoms with Crippen LogP contribution >= 0.6 is 0 Å². The quantitative estimate of drug-likeness (QED) is 0.276. The summed E-state index contributed by atoms with van der Waals surface area (Å²) in [6.07, 6.45) is 26.5. The first kappa shape index (κ1) is 21.3. The maximum Gasteiger partial charge on any atom is -0.0195 e. The third-order valence-corrected chi connectivity index (χ3v) is 5.97. The molecular weight excluding hydrogens is 312 g/mol. The molecule has 0 saturated heterocycles. The van der Waals surface area contributed by atoms with E-state index in [0.717, 1.165) is 0 Å². The van der Waals surface area contributed by atoms with E-state index >= 15 is 0 Å². The molecule has 0 amide bonds. The molecule has 0 aromatic heterocycles. The highest BCUT2D eigenvalue weighted by Gasteiger charge is 2.10. The number of hydrogen-bond donors (Lipinski definition) is 0. The number of rotatable bonds is 15. The van der Waals surface area contributed by atoms with Crippen LogP contribution in [-0.4, -0.2) is 0 Å². The molecule has 1 aromatic rings. The van der Waals surface area contributed by atoms with Gasteiger partial charge in [0.2, 0.25) is 0 Å². The number of benzene rings is 1. The fourth-order valence-corrected chi connectivity index (χ4v) is 4.31. The monoisotopic (exact) mass is 354 g/mol. The highest BCUT2D eigenvalue weighted by atomic mass is 14.2. The second-order valence-electron chi connectivity index (χ2n) is 8.27. The van der Waals surface area contributed by atoms with Crippen molar-refractivity contribution in [2.75, 3.05) is 0 Å². The van der Waals surface area contributed by atoms with Crippen LogP contribution in [0.5, 0.6) is 0 Å². The SMILES string of the molecule is CCCCCCCCCCCCCCCCC1=CCCc2ccccc21. The Balaban J connectivity index is 1.39. The zero-order chi connectivity index (χ0) is 18.3. The molecule has 26 heavy (non-hydrogen) atoms. The van der Waals surface area contributed by atoms with Crippen LogP contribution in [-0.2, 0) is 6.42 Å². The van der Waals surface area contributed by atoms with Gasteiger partial charge in [-0.2, -0.15) is 0 Å². The van der Waals surface area contributed by atoms with Gasteiger partial charge >= 0.3 is 0 Å². The maximum atomic E-state index is 2.49. The van der Waals surface area contributed by atoms with Gasteiger partial charge < -0.3 is 0 Å². The number of fused-ring (bicyclic) bond motifs is 1. The molecule has 0 nitrogen and oxygen atoms in total. The van der Waals surface area contributed by atoms with Gasteiger partial charge in [-0.1, -0.05) is 121 Å². The van der Waals surface area contributed by atoms with E-state index in [1.165, 1.54) is 115 Å². The fourth-order valence-electron chi connectivity index (χ4n) is 4.31. The molecule has 1 aromatic carbocycles. The number of allylic oxidation sites excluding steroid dienone is 2. The van der Waals surface area contributed by atoms with Crippen molar-refractivity contribution in [2.24, 2.45) is 0 Å². The van der Waals surface area contributed by atoms with E-state index in [9.17, 15) is 0 Å². The second-order valence-corrected chi connectivity index (χ2v) is 8.27. The van der Waals surface area contributed by atoms with Crippen molar-refractivity contribution in [3.63, 3.8) is 0 Å². The molecule has 0 radical (unpaired) electrons. The van der Waals surface area contributed by atoms with Crippen LogP contribution in [0, 0.1) is 0 Å². The van der Waals surface area contributed by atoms with Crippen molar-refractivity contribution in [1.29, 1.82) is 0 Å². The van der Waals surface area contributed by atoms with Gasteiger partial charge in [-0.05, 0) is 42.4 Å². The first-order valence-corrected chi connectivity index (χ1v) is 11.7. The molecule has 146 valence electrons. The lowest BCUT2D eigenvalue weighted by atomic mass is 9.88. The standard InChI is InChI=1S/C26H42/c1-2-3-4-5-6-7-8-9-10-11-12-13-14-15-19-24-21-18-22-25-20-16-17-23-26(24)25/h16-17,20-21,23H,2-15,18-19,22H2,1H3. The van der Waals surface area contributed by atoms with Crippen LogP contribution in [0.3, 0.4) is 0 Å². The molecule has 0 bridgehead atoms. The predicted octanol–water partition coefficient (Wildman–Crippen LogP) is 8.89. The molecule has 0 atom stereocenters. The summed E-state index contributed by atoms with van der Waals surface area (Å²) in [6.45, 7) is 2.30. The Bertz CT molecular complexity index is 497. The van der Waals surface area contributed by atoms with E-state index in [1.807, 2.05) is 0 Å². The number of unbranched alkanes of at least 4 members (excludes halogenated alkanes) is 13. The predicted molar refractivity (Wildman–Crippen MR) is 118 cm³/mol. The van der Waals surface area contributed by atoms with Crippen LogP contribution in [0.25, 0.3) is 5.57 Å². The average molecular weight is 355 g/mol. The first-order chi connectivity index (χ1) is 12.9. The molecule has 0 spiro atoms. The minimum absolute atomic E-state index is 1.23. The van der Waals surface area contributed by atoms with E-state index < -0.39 is 0 Å². The molecular formula is C26H42. The summed E-state index contributed by atoms with van der Waals surface area (Å²) in [7, 11) is 0. The molecule has 0 unspecified atom stereocenters. The Kier molecular flexibility index (Phi) is 11.5. The number of hydrogen-bond acceptors (Lipinski definition) is 0. The highest BCUT2D eigenvalue weighted by molar-refractivity contribution is 5.69. The van der Waals surface area contributed by atoms with Gasteiger partial charge in [0, 0.05) is 0 Å². The molecule has 2 rings (SSSR count). The lowest BCUT2D eigenvalue weighted by Gasteiger charge is -2.17. The van der Waals surface area contributed by atoms with Gasteiger partial charge in [0.05, 0.1) is 0 Å². The Hall–Kier alpha value is -1.04. The minimum Gasteiger partial charge on any atom is -0.0804 e. The van der Waals surface area contributed by atoms with Gasteiger partial charge in [-0.15, -0.1) is 0 Å². The van der Waals surface area contributed by atoms with Crippen LogP contribution in [0.2, 0.25) is 0 Å². The van der Waals surface area contributed by atoms with Gasteiger partial charge in [0.15, 0.2) is 0 Å². The van der Waals surface area contributed by atoms with Crippen LogP contribution in [0.1, 0.15) is 121 Å². The molecule has 0 saturated carbocycles. The Morgan fingerprint density at radius 3 is 1.81 bits per heavy atom. The minimum atomic E-state index is 1.23. The first-order valence-electron chi connectivity index (χ1n) is 11.7. The molecule has 0 heterocycles. The molecule has 0 N–H and O–H groups in total. The van der Waals surface area contributed by atoms with Crippen LogP contribution in [0.15, 0.2) is 30.3 Å². The summed E-state index contributed by atoms with van der Waals surface area (Å²) >= 11 is 0. The lowest BCUT2D eigenvalue weighted by molar-refractivity contribution is 0.536. The fraction of sp³-hybridized carbons (Fsp3) is 0.692. The zero-order valence-corrected chi connectivity index (χ0v) is 17.4. The third-order valence-electron chi connectivity index (χ3n) is 5.97. The third kappa shape index (κ3) is 8.56. The molecule has 0 heteroatoms. The van der Waals surface area contributed by atoms with Crippen molar-refractivity contribution >= 4 is 5.57 Å². The molecule has 0 fully saturated rings. The van der Waals surface area contributed by atoms with E-state index in [2.05, 4.69) is 37.3 Å². The smallest absolute Gasteiger partial charge is 0.0195 e. The molecule has 1 aliphatic rings. The van der Waals surface area contributed by atoms with Gasteiger partial charge in [0.25, 0.3) is 0 Å². The van der Waals surface area contributed by atoms with Crippen molar-refractivity contribution in [3.8, 4) is 0 Å². The molecule has 0 aliphatic heterocycles. The van der Waals surface area contributed by atoms with E-state index in [-0.39, 0.29) is 0 Å². The summed E-state index contributed by atoms with van der Waals surface area (Å²) in [5.74, 6) is 0. The summed E-state index contributed by atoms with van der Waals surface area (Å²) in [5, 5.41) is 0. The highest BCUT2D eigenvalue weighted by Crippen LogP contribution is 2.30. The number of aryl methyl sites for hydroxylation is 1. The second kappa shape index (κ2) is 14.1. The topological polar surface area (TPSA) is 0 Å². The summed E-state index contributed by atoms with van der Waals surface area (Å²) in [5.41, 5.74) is 4.72. The normalized spacial score (nSPS) is 13.5. The summed E-state index contributed by atoms with van der Waals surface area (Å²) < 4.78 is 0. The van der Waals surface area contributed by atoms with Gasteiger partial charge in [-0.3, -0.25) is 0 Å². The Morgan fingerprint density at radius 1 is 0.654 bits per heavy atom. The molecule has 1 aliphatic carbocycles. The van der Waals surface area contributed by atoms with Crippen molar-refractivity contribution in [2.45, 2.75) is 116 Å². The van der Waals surface area contributed by atoms with Crippen molar-refractivity contribution in [1.82, 2.24) is 0 Å². The zero-order valence-electron chi connectivity index (χ0n) is 17.4. The Morgan fingerprint density at radius 2 is 1.19 bits per heavy atom. The largest absolute Gasteiger partial charge is 0.0804 e. The summed E-state index contributed by atoms with van der Waals surface area (Å²) in [6, 6.07) is 9.02. The van der Waals surface area contributed by atoms with Crippen molar-refractivity contribution in [3.05, 3.63) is 41.5 Å². The average Bonchev–Trinajstić information content (AvgIpc) is 2.68. The van der Waals surface area contributed by atoms with Gasteiger partial charge in [0.1, 0.15) is 0 Å². The van der Waals surface area contributed by atoms with Crippen LogP contribution in [0.4, 0.5) is 0 Å². The Labute approximate surface area is 163 Å². The maximum absolute atomic E-state index is 2.49. The lowest BCUT2D eigenvalue weighted by Crippen LogP contribution is -1.99. The summed E-state index contributed by atoms with van der Waals surface area (Å²) in [4.78, 5) is 0. The van der Waals surface area contributed by atoms with E-state index in [1.54, 1.807) is 11.1 Å². The van der Waals surface area contributed by atoms with Gasteiger partial charge in [-0.25, -0.2) is 0 Å². The van der Waals surface area contributed by atoms with E-state index in [4.69, 9.17) is 0 Å². The van der Waals surface area contributed by atoms with E-state index in [0.29, 0.717) is 0 Å².